The van der Waals surface area contributed by atoms with E-state index in [0.717, 1.165) is 11.1 Å². The van der Waals surface area contributed by atoms with E-state index in [4.69, 9.17) is 18.9 Å². The Morgan fingerprint density at radius 1 is 0.681 bits per heavy atom. The molecule has 2 N–H and O–H groups in total. The maximum atomic E-state index is 12.4. The lowest BCUT2D eigenvalue weighted by Crippen LogP contribution is -2.26. The number of carbonyl (C=O) groups excluding carboxylic acids is 2. The van der Waals surface area contributed by atoms with Gasteiger partial charge in [-0.05, 0) is 80.1 Å². The van der Waals surface area contributed by atoms with Crippen LogP contribution < -0.4 is 9.47 Å². The van der Waals surface area contributed by atoms with Gasteiger partial charge in [-0.3, -0.25) is 0 Å². The molecule has 0 saturated heterocycles. The molecule has 1 heterocycles. The van der Waals surface area contributed by atoms with Crippen molar-refractivity contribution in [3.05, 3.63) is 89.2 Å². The van der Waals surface area contributed by atoms with Crippen molar-refractivity contribution in [3.63, 3.8) is 0 Å². The lowest BCUT2D eigenvalue weighted by Gasteiger charge is -2.27. The summed E-state index contributed by atoms with van der Waals surface area (Å²) < 4.78 is 21.9. The molecular formula is C38H53NO8. The molecule has 9 heteroatoms. The first-order valence-electron chi connectivity index (χ1n) is 16.1. The lowest BCUT2D eigenvalue weighted by atomic mass is 9.78. The van der Waals surface area contributed by atoms with Crippen molar-refractivity contribution in [1.82, 2.24) is 4.98 Å². The van der Waals surface area contributed by atoms with Crippen LogP contribution in [0.25, 0.3) is 0 Å². The average molecular weight is 652 g/mol. The highest BCUT2D eigenvalue weighted by Crippen LogP contribution is 2.33. The van der Waals surface area contributed by atoms with Crippen molar-refractivity contribution < 1.29 is 38.7 Å². The number of hydrogen-bond donors (Lipinski definition) is 2. The molecule has 258 valence electrons. The second-order valence-electron chi connectivity index (χ2n) is 13.9. The van der Waals surface area contributed by atoms with Crippen molar-refractivity contribution in [3.8, 4) is 11.5 Å². The Morgan fingerprint density at radius 2 is 1.17 bits per heavy atom. The number of benzene rings is 2. The first kappa shape index (κ1) is 39.2. The molecule has 2 unspecified atom stereocenters. The highest BCUT2D eigenvalue weighted by molar-refractivity contribution is 5.91. The minimum absolute atomic E-state index is 0.0333. The van der Waals surface area contributed by atoms with Crippen LogP contribution in [0.1, 0.15) is 108 Å². The Balaban J connectivity index is 0.00000376. The predicted molar refractivity (Wildman–Crippen MR) is 183 cm³/mol. The van der Waals surface area contributed by atoms with Crippen LogP contribution in [-0.2, 0) is 14.9 Å². The van der Waals surface area contributed by atoms with Crippen LogP contribution >= 0.6 is 0 Å². The zero-order valence-electron chi connectivity index (χ0n) is 29.6. The summed E-state index contributed by atoms with van der Waals surface area (Å²) in [6.45, 7) is 19.7. The molecule has 0 aliphatic carbocycles. The van der Waals surface area contributed by atoms with E-state index in [0.29, 0.717) is 17.9 Å². The minimum atomic E-state index is -1.05. The van der Waals surface area contributed by atoms with Crippen LogP contribution in [-0.4, -0.2) is 64.8 Å². The van der Waals surface area contributed by atoms with Crippen molar-refractivity contribution in [2.24, 2.45) is 5.41 Å². The maximum absolute atomic E-state index is 12.4. The largest absolute Gasteiger partial charge is 0.491 e. The van der Waals surface area contributed by atoms with Gasteiger partial charge in [-0.15, -0.1) is 0 Å². The predicted octanol–water partition coefficient (Wildman–Crippen LogP) is 7.16. The number of nitrogens with zero attached hydrogens (tertiary/aromatic N) is 1. The normalized spacial score (nSPS) is 13.0. The number of aliphatic hydroxyl groups excluding tert-OH is 2. The first-order chi connectivity index (χ1) is 21.9. The van der Waals surface area contributed by atoms with Gasteiger partial charge in [0.25, 0.3) is 0 Å². The Hall–Kier alpha value is -3.95. The van der Waals surface area contributed by atoms with Crippen LogP contribution in [0.3, 0.4) is 0 Å². The monoisotopic (exact) mass is 651 g/mol. The summed E-state index contributed by atoms with van der Waals surface area (Å²) in [6.07, 6.45) is 0.328. The van der Waals surface area contributed by atoms with E-state index in [1.165, 1.54) is 18.3 Å². The molecule has 3 rings (SSSR count). The SMILES string of the molecule is CC.CC(C)(C)CC(O)COc1ccc(C(C)(C)c2ccc(OCC(O)COC(=O)c3ccc(C(=O)OC(C)(C)C)nc3)cc2)cc1. The van der Waals surface area contributed by atoms with Crippen molar-refractivity contribution in [2.75, 3.05) is 19.8 Å². The van der Waals surface area contributed by atoms with E-state index < -0.39 is 29.7 Å². The van der Waals surface area contributed by atoms with Crippen LogP contribution in [0.15, 0.2) is 66.9 Å². The van der Waals surface area contributed by atoms with Crippen LogP contribution in [0.4, 0.5) is 0 Å². The summed E-state index contributed by atoms with van der Waals surface area (Å²) in [5.74, 6) is 0.0136. The van der Waals surface area contributed by atoms with Gasteiger partial charge in [0.15, 0.2) is 0 Å². The molecule has 0 saturated carbocycles. The molecule has 1 aromatic heterocycles. The van der Waals surface area contributed by atoms with Crippen molar-refractivity contribution >= 4 is 11.9 Å². The van der Waals surface area contributed by atoms with E-state index in [9.17, 15) is 19.8 Å². The van der Waals surface area contributed by atoms with Crippen LogP contribution in [0, 0.1) is 5.41 Å². The quantitative estimate of drug-likeness (QED) is 0.185. The van der Waals surface area contributed by atoms with Gasteiger partial charge in [0, 0.05) is 11.6 Å². The molecule has 47 heavy (non-hydrogen) atoms. The highest BCUT2D eigenvalue weighted by Gasteiger charge is 2.24. The summed E-state index contributed by atoms with van der Waals surface area (Å²) in [7, 11) is 0. The van der Waals surface area contributed by atoms with Gasteiger partial charge in [0.05, 0.1) is 11.7 Å². The van der Waals surface area contributed by atoms with Crippen molar-refractivity contribution in [2.45, 2.75) is 98.9 Å². The average Bonchev–Trinajstić information content (AvgIpc) is 3.01. The van der Waals surface area contributed by atoms with E-state index in [1.807, 2.05) is 62.4 Å². The molecule has 0 aliphatic heterocycles. The molecule has 0 amide bonds. The second kappa shape index (κ2) is 17.3. The Bertz CT molecular complexity index is 1390. The zero-order valence-corrected chi connectivity index (χ0v) is 29.6. The fourth-order valence-corrected chi connectivity index (χ4v) is 4.52. The number of aromatic nitrogens is 1. The fraction of sp³-hybridized carbons (Fsp3) is 0.500. The number of carbonyl (C=O) groups is 2. The van der Waals surface area contributed by atoms with E-state index >= 15 is 0 Å². The molecule has 0 bridgehead atoms. The molecule has 0 fully saturated rings. The van der Waals surface area contributed by atoms with Crippen LogP contribution in [0.5, 0.6) is 11.5 Å². The number of aliphatic hydroxyl groups is 2. The second-order valence-corrected chi connectivity index (χ2v) is 13.9. The smallest absolute Gasteiger partial charge is 0.357 e. The number of esters is 2. The van der Waals surface area contributed by atoms with E-state index in [2.05, 4.69) is 39.6 Å². The van der Waals surface area contributed by atoms with Gasteiger partial charge in [0.2, 0.25) is 0 Å². The summed E-state index contributed by atoms with van der Waals surface area (Å²) >= 11 is 0. The summed E-state index contributed by atoms with van der Waals surface area (Å²) in [5, 5.41) is 20.5. The minimum Gasteiger partial charge on any atom is -0.491 e. The lowest BCUT2D eigenvalue weighted by molar-refractivity contribution is 0.00605. The Kier molecular flexibility index (Phi) is 14.4. The van der Waals surface area contributed by atoms with Gasteiger partial charge in [-0.1, -0.05) is 72.7 Å². The topological polar surface area (TPSA) is 124 Å². The molecule has 3 aromatic rings. The van der Waals surface area contributed by atoms with Gasteiger partial charge in [0.1, 0.15) is 48.7 Å². The third-order valence-electron chi connectivity index (χ3n) is 6.90. The molecule has 2 atom stereocenters. The number of hydrogen-bond acceptors (Lipinski definition) is 9. The summed E-state index contributed by atoms with van der Waals surface area (Å²) in [6, 6.07) is 18.3. The van der Waals surface area contributed by atoms with E-state index in [-0.39, 0.29) is 41.9 Å². The van der Waals surface area contributed by atoms with E-state index in [1.54, 1.807) is 20.8 Å². The maximum Gasteiger partial charge on any atom is 0.357 e. The standard InChI is InChI=1S/C36H47NO8.C2H6/c1-34(2,3)19-27(38)21-42-29-14-10-25(11-15-29)36(7,8)26-12-16-30(17-13-26)43-22-28(39)23-44-32(40)24-9-18-31(37-20-24)33(41)45-35(4,5)6;1-2/h9-18,20,27-28,38-39H,19,21-23H2,1-8H3;1-2H3. The van der Waals surface area contributed by atoms with Crippen LogP contribution in [0.2, 0.25) is 0 Å². The van der Waals surface area contributed by atoms with Gasteiger partial charge in [-0.2, -0.15) is 0 Å². The number of pyridine rings is 1. The summed E-state index contributed by atoms with van der Waals surface area (Å²) in [5.41, 5.74) is 1.48. The molecular weight excluding hydrogens is 598 g/mol. The molecule has 9 nitrogen and oxygen atoms in total. The Morgan fingerprint density at radius 3 is 1.60 bits per heavy atom. The third kappa shape index (κ3) is 13.4. The molecule has 0 radical (unpaired) electrons. The Labute approximate surface area is 280 Å². The summed E-state index contributed by atoms with van der Waals surface area (Å²) in [4.78, 5) is 28.4. The van der Waals surface area contributed by atoms with Gasteiger partial charge >= 0.3 is 11.9 Å². The van der Waals surface area contributed by atoms with Gasteiger partial charge < -0.3 is 29.2 Å². The molecule has 2 aromatic carbocycles. The number of ether oxygens (including phenoxy) is 4. The highest BCUT2D eigenvalue weighted by atomic mass is 16.6. The zero-order chi connectivity index (χ0) is 35.4. The fourth-order valence-electron chi connectivity index (χ4n) is 4.52. The molecule has 0 aliphatic rings. The molecule has 0 spiro atoms. The van der Waals surface area contributed by atoms with Crippen molar-refractivity contribution in [1.29, 1.82) is 0 Å². The van der Waals surface area contributed by atoms with Gasteiger partial charge in [-0.25, -0.2) is 14.6 Å². The number of rotatable bonds is 13. The first-order valence-corrected chi connectivity index (χ1v) is 16.1. The third-order valence-corrected chi connectivity index (χ3v) is 6.90.